The lowest BCUT2D eigenvalue weighted by Crippen LogP contribution is -2.40. The summed E-state index contributed by atoms with van der Waals surface area (Å²) in [7, 11) is 0. The topological polar surface area (TPSA) is 291 Å². The van der Waals surface area contributed by atoms with Gasteiger partial charge in [-0.2, -0.15) is 0 Å². The van der Waals surface area contributed by atoms with E-state index in [1.165, 1.54) is 27.7 Å². The van der Waals surface area contributed by atoms with E-state index in [9.17, 15) is 38.4 Å². The van der Waals surface area contributed by atoms with Crippen molar-refractivity contribution in [3.8, 4) is 0 Å². The van der Waals surface area contributed by atoms with E-state index >= 15 is 0 Å². The van der Waals surface area contributed by atoms with Gasteiger partial charge in [0.2, 0.25) is 0 Å². The van der Waals surface area contributed by atoms with Crippen molar-refractivity contribution in [1.82, 2.24) is 0 Å². The number of ether oxygens (including phenoxy) is 8. The van der Waals surface area contributed by atoms with Crippen LogP contribution in [0.25, 0.3) is 0 Å². The molecule has 2 heterocycles. The molecule has 0 aromatic rings. The predicted octanol–water partition coefficient (Wildman–Crippen LogP) is -4.16. The molecule has 0 radical (unpaired) electrons. The maximum Gasteiger partial charge on any atom is 0.347 e. The number of aliphatic hydroxyl groups is 4. The van der Waals surface area contributed by atoms with Crippen molar-refractivity contribution in [3.63, 3.8) is 0 Å². The van der Waals surface area contributed by atoms with Crippen molar-refractivity contribution in [3.05, 3.63) is 0 Å². The summed E-state index contributed by atoms with van der Waals surface area (Å²) in [6, 6.07) is 0. The smallest absolute Gasteiger partial charge is 0.347 e. The average Bonchev–Trinajstić information content (AvgIpc) is 2.98. The monoisotopic (exact) mass is 644 g/mol. The highest BCUT2D eigenvalue weighted by atomic mass is 16.7. The summed E-state index contributed by atoms with van der Waals surface area (Å²) in [5.74, 6) is -5.63. The maximum absolute atomic E-state index is 11.1. The van der Waals surface area contributed by atoms with Gasteiger partial charge >= 0.3 is 47.8 Å². The number of hydrogen-bond donors (Lipinski definition) is 4. The minimum atomic E-state index is -1.35. The second-order valence-corrected chi connectivity index (χ2v) is 7.94. The van der Waals surface area contributed by atoms with Crippen LogP contribution in [0.15, 0.2) is 0 Å². The van der Waals surface area contributed by atoms with Gasteiger partial charge in [-0.05, 0) is 27.7 Å². The minimum Gasteiger partial charge on any atom is -0.460 e. The molecule has 4 atom stereocenters. The Morgan fingerprint density at radius 1 is 0.682 bits per heavy atom. The van der Waals surface area contributed by atoms with E-state index in [1.807, 2.05) is 0 Å². The van der Waals surface area contributed by atoms with E-state index in [-0.39, 0.29) is 39.6 Å². The number of carbonyl (C=O) groups is 8. The summed E-state index contributed by atoms with van der Waals surface area (Å²) in [6.07, 6.45) is -4.19. The summed E-state index contributed by atoms with van der Waals surface area (Å²) < 4.78 is 35.6. The Kier molecular flexibility index (Phi) is 22.8. The van der Waals surface area contributed by atoms with Gasteiger partial charge in [0.05, 0.1) is 13.2 Å². The SMILES string of the molecule is CC(O)C(=O)OCC(=O)OCCOC(=O)COC(=O)C(C)O.CC1OC(=O)C(C)OC1=O.O=C1COC(=O)CO1.OCCO. The highest BCUT2D eigenvalue weighted by Crippen LogP contribution is 2.08. The van der Waals surface area contributed by atoms with E-state index in [4.69, 9.17) is 20.4 Å². The number of rotatable bonds is 10. The fraction of sp³-hybridized carbons (Fsp3) is 0.667. The molecule has 2 rings (SSSR count). The van der Waals surface area contributed by atoms with Crippen molar-refractivity contribution in [2.45, 2.75) is 52.1 Å². The zero-order valence-electron chi connectivity index (χ0n) is 24.3. The van der Waals surface area contributed by atoms with Gasteiger partial charge in [0.15, 0.2) is 38.6 Å². The predicted molar refractivity (Wildman–Crippen MR) is 134 cm³/mol. The first kappa shape index (κ1) is 41.7. The first-order valence-electron chi connectivity index (χ1n) is 12.5. The third kappa shape index (κ3) is 22.2. The summed E-state index contributed by atoms with van der Waals surface area (Å²) in [6.45, 7) is 2.65. The summed E-state index contributed by atoms with van der Waals surface area (Å²) in [4.78, 5) is 85.4. The molecule has 2 aliphatic heterocycles. The van der Waals surface area contributed by atoms with Crippen LogP contribution in [0.4, 0.5) is 0 Å². The molecule has 0 amide bonds. The first-order valence-corrected chi connectivity index (χ1v) is 12.5. The standard InChI is InChI=1S/C12H18O10.C6H8O4.C4H4O4.C2H6O2/c1-7(13)11(17)21-5-9(15)19-3-4-20-10(16)6-22-12(18)8(2)14;1-3-5(7)10-4(2)6(8)9-3;5-3-1-7-4(6)2-8-3;3-1-2-4/h7-8,13-14H,3-6H2,1-2H3;3-4H,1-2H3;1-2H2;3-4H,1-2H2. The third-order valence-corrected chi connectivity index (χ3v) is 4.01. The molecule has 0 aliphatic carbocycles. The quantitative estimate of drug-likeness (QED) is 0.0996. The molecule has 2 aliphatic rings. The summed E-state index contributed by atoms with van der Waals surface area (Å²) in [5.41, 5.74) is 0. The van der Waals surface area contributed by atoms with E-state index in [1.54, 1.807) is 0 Å². The highest BCUT2D eigenvalue weighted by Gasteiger charge is 2.32. The molecule has 44 heavy (non-hydrogen) atoms. The van der Waals surface area contributed by atoms with Crippen LogP contribution in [-0.4, -0.2) is 145 Å². The van der Waals surface area contributed by atoms with Crippen LogP contribution in [0.5, 0.6) is 0 Å². The van der Waals surface area contributed by atoms with Crippen molar-refractivity contribution in [1.29, 1.82) is 0 Å². The van der Waals surface area contributed by atoms with Crippen LogP contribution in [-0.2, 0) is 76.3 Å². The molecule has 0 aromatic heterocycles. The Labute approximate surface area is 250 Å². The zero-order chi connectivity index (χ0) is 34.2. The van der Waals surface area contributed by atoms with E-state index in [2.05, 4.69) is 37.9 Å². The van der Waals surface area contributed by atoms with Gasteiger partial charge in [-0.15, -0.1) is 0 Å². The molecule has 0 saturated carbocycles. The van der Waals surface area contributed by atoms with Crippen molar-refractivity contribution in [2.24, 2.45) is 0 Å². The van der Waals surface area contributed by atoms with Crippen molar-refractivity contribution < 1.29 is 96.7 Å². The molecule has 0 spiro atoms. The molecule has 252 valence electrons. The fourth-order valence-corrected chi connectivity index (χ4v) is 1.89. The molecule has 2 saturated heterocycles. The van der Waals surface area contributed by atoms with Crippen LogP contribution >= 0.6 is 0 Å². The van der Waals surface area contributed by atoms with Crippen LogP contribution in [0.2, 0.25) is 0 Å². The van der Waals surface area contributed by atoms with Crippen LogP contribution in [0.1, 0.15) is 27.7 Å². The molecule has 20 heteroatoms. The first-order chi connectivity index (χ1) is 20.5. The Balaban J connectivity index is 0. The van der Waals surface area contributed by atoms with Crippen LogP contribution in [0.3, 0.4) is 0 Å². The summed E-state index contributed by atoms with van der Waals surface area (Å²) in [5, 5.41) is 32.8. The van der Waals surface area contributed by atoms with Gasteiger partial charge in [0.25, 0.3) is 0 Å². The maximum atomic E-state index is 11.1. The third-order valence-electron chi connectivity index (χ3n) is 4.01. The Hall–Kier alpha value is -4.40. The molecular weight excluding hydrogens is 608 g/mol. The summed E-state index contributed by atoms with van der Waals surface area (Å²) >= 11 is 0. The molecule has 0 aromatic carbocycles. The highest BCUT2D eigenvalue weighted by molar-refractivity contribution is 5.87. The van der Waals surface area contributed by atoms with Gasteiger partial charge in [0.1, 0.15) is 25.4 Å². The molecule has 4 unspecified atom stereocenters. The van der Waals surface area contributed by atoms with Gasteiger partial charge in [-0.25, -0.2) is 38.4 Å². The number of aliphatic hydroxyl groups excluding tert-OH is 4. The van der Waals surface area contributed by atoms with Crippen LogP contribution < -0.4 is 0 Å². The number of cyclic esters (lactones) is 4. The van der Waals surface area contributed by atoms with Gasteiger partial charge in [-0.1, -0.05) is 0 Å². The largest absolute Gasteiger partial charge is 0.460 e. The van der Waals surface area contributed by atoms with E-state index in [0.29, 0.717) is 0 Å². The second kappa shape index (κ2) is 24.1. The Morgan fingerprint density at radius 2 is 1.00 bits per heavy atom. The van der Waals surface area contributed by atoms with Crippen LogP contribution in [0, 0.1) is 0 Å². The lowest BCUT2D eigenvalue weighted by atomic mass is 10.3. The van der Waals surface area contributed by atoms with Gasteiger partial charge in [0, 0.05) is 0 Å². The number of carbonyl (C=O) groups excluding carboxylic acids is 8. The number of esters is 8. The molecule has 4 N–H and O–H groups in total. The Bertz CT molecular complexity index is 869. The second-order valence-electron chi connectivity index (χ2n) is 7.94. The fourth-order valence-electron chi connectivity index (χ4n) is 1.89. The number of hydrogen-bond acceptors (Lipinski definition) is 20. The Morgan fingerprint density at radius 3 is 1.25 bits per heavy atom. The minimum absolute atomic E-state index is 0.125. The lowest BCUT2D eigenvalue weighted by Gasteiger charge is -2.22. The lowest BCUT2D eigenvalue weighted by molar-refractivity contribution is -0.191. The molecule has 20 nitrogen and oxygen atoms in total. The van der Waals surface area contributed by atoms with Gasteiger partial charge < -0.3 is 58.3 Å². The van der Waals surface area contributed by atoms with Gasteiger partial charge in [-0.3, -0.25) is 0 Å². The molecular formula is C24H36O20. The van der Waals surface area contributed by atoms with Crippen molar-refractivity contribution >= 4 is 47.8 Å². The zero-order valence-corrected chi connectivity index (χ0v) is 24.3. The van der Waals surface area contributed by atoms with E-state index in [0.717, 1.165) is 0 Å². The normalized spacial score (nSPS) is 18.1. The molecule has 0 bridgehead atoms. The molecule has 2 fully saturated rings. The average molecular weight is 645 g/mol. The van der Waals surface area contributed by atoms with E-state index < -0.39 is 85.4 Å². The van der Waals surface area contributed by atoms with Crippen molar-refractivity contribution in [2.75, 3.05) is 52.9 Å².